The van der Waals surface area contributed by atoms with Gasteiger partial charge in [0, 0.05) is 5.69 Å². The van der Waals surface area contributed by atoms with Gasteiger partial charge in [-0.2, -0.15) is 0 Å². The fraction of sp³-hybridized carbons (Fsp3) is 0.263. The summed E-state index contributed by atoms with van der Waals surface area (Å²) in [7, 11) is 1.44. The summed E-state index contributed by atoms with van der Waals surface area (Å²) in [6, 6.07) is 8.33. The summed E-state index contributed by atoms with van der Waals surface area (Å²) in [5.41, 5.74) is 0.422. The summed E-state index contributed by atoms with van der Waals surface area (Å²) in [5.74, 6) is -0.691. The molecule has 8 heteroatoms. The van der Waals surface area contributed by atoms with Crippen molar-refractivity contribution in [3.63, 3.8) is 0 Å². The van der Waals surface area contributed by atoms with Crippen LogP contribution in [0.3, 0.4) is 0 Å². The molecule has 1 aliphatic heterocycles. The van der Waals surface area contributed by atoms with Gasteiger partial charge in [-0.05, 0) is 37.3 Å². The Morgan fingerprint density at radius 3 is 2.70 bits per heavy atom. The molecule has 0 saturated heterocycles. The van der Waals surface area contributed by atoms with Gasteiger partial charge >= 0.3 is 5.97 Å². The van der Waals surface area contributed by atoms with E-state index in [2.05, 4.69) is 5.32 Å². The molecule has 1 heterocycles. The van der Waals surface area contributed by atoms with Gasteiger partial charge in [0.05, 0.1) is 12.7 Å². The zero-order valence-corrected chi connectivity index (χ0v) is 14.8. The number of hydrogen-bond acceptors (Lipinski definition) is 6. The number of esters is 1. The van der Waals surface area contributed by atoms with E-state index >= 15 is 0 Å². The van der Waals surface area contributed by atoms with E-state index in [0.29, 0.717) is 30.5 Å². The van der Waals surface area contributed by atoms with E-state index in [1.54, 1.807) is 0 Å². The predicted octanol–water partition coefficient (Wildman–Crippen LogP) is 2.79. The number of anilines is 1. The topological polar surface area (TPSA) is 83.1 Å². The number of ether oxygens (including phenoxy) is 4. The second kappa shape index (κ2) is 7.94. The van der Waals surface area contributed by atoms with Crippen LogP contribution in [0.15, 0.2) is 36.4 Å². The van der Waals surface area contributed by atoms with Crippen LogP contribution in [0.2, 0.25) is 0 Å². The second-order valence-corrected chi connectivity index (χ2v) is 5.75. The number of methoxy groups -OCH3 is 1. The maximum Gasteiger partial charge on any atom is 0.339 e. The van der Waals surface area contributed by atoms with E-state index in [0.717, 1.165) is 6.07 Å². The first kappa shape index (κ1) is 18.5. The third-order valence-corrected chi connectivity index (χ3v) is 3.81. The number of halogens is 1. The molecule has 0 spiro atoms. The first-order valence-electron chi connectivity index (χ1n) is 8.23. The summed E-state index contributed by atoms with van der Waals surface area (Å²) < 4.78 is 34.6. The van der Waals surface area contributed by atoms with Gasteiger partial charge in [-0.3, -0.25) is 4.79 Å². The molecule has 1 amide bonds. The summed E-state index contributed by atoms with van der Waals surface area (Å²) in [6.07, 6.45) is -1.10. The van der Waals surface area contributed by atoms with Gasteiger partial charge in [-0.15, -0.1) is 0 Å². The van der Waals surface area contributed by atoms with E-state index in [4.69, 9.17) is 18.9 Å². The maximum atomic E-state index is 13.2. The minimum absolute atomic E-state index is 0.154. The Bertz CT molecular complexity index is 852. The third kappa shape index (κ3) is 4.28. The lowest BCUT2D eigenvalue weighted by Gasteiger charge is -2.21. The predicted molar refractivity (Wildman–Crippen MR) is 93.9 cm³/mol. The van der Waals surface area contributed by atoms with Gasteiger partial charge < -0.3 is 24.3 Å². The molecular weight excluding hydrogens is 357 g/mol. The van der Waals surface area contributed by atoms with E-state index in [9.17, 15) is 14.0 Å². The summed E-state index contributed by atoms with van der Waals surface area (Å²) >= 11 is 0. The van der Waals surface area contributed by atoms with Crippen molar-refractivity contribution in [1.82, 2.24) is 0 Å². The van der Waals surface area contributed by atoms with Crippen LogP contribution < -0.4 is 19.5 Å². The fourth-order valence-corrected chi connectivity index (χ4v) is 2.48. The number of nitrogens with one attached hydrogen (secondary N) is 1. The third-order valence-electron chi connectivity index (χ3n) is 3.81. The lowest BCUT2D eigenvalue weighted by molar-refractivity contribution is -0.123. The van der Waals surface area contributed by atoms with Crippen LogP contribution in [0, 0.1) is 5.82 Å². The molecule has 0 bridgehead atoms. The lowest BCUT2D eigenvalue weighted by Crippen LogP contribution is -2.30. The smallest absolute Gasteiger partial charge is 0.339 e. The van der Waals surface area contributed by atoms with Gasteiger partial charge in [-0.1, -0.05) is 6.07 Å². The zero-order valence-electron chi connectivity index (χ0n) is 14.8. The lowest BCUT2D eigenvalue weighted by atomic mass is 10.1. The summed E-state index contributed by atoms with van der Waals surface area (Å²) in [6.45, 7) is 2.15. The van der Waals surface area contributed by atoms with Crippen LogP contribution >= 0.6 is 0 Å². The van der Waals surface area contributed by atoms with Crippen molar-refractivity contribution < 1.29 is 32.9 Å². The van der Waals surface area contributed by atoms with Crippen LogP contribution in [-0.2, 0) is 9.53 Å². The van der Waals surface area contributed by atoms with Crippen molar-refractivity contribution in [1.29, 1.82) is 0 Å². The minimum Gasteiger partial charge on any atom is -0.493 e. The quantitative estimate of drug-likeness (QED) is 0.809. The number of carbonyl (C=O) groups excluding carboxylic acids is 2. The van der Waals surface area contributed by atoms with Crippen LogP contribution in [0.25, 0.3) is 0 Å². The average molecular weight is 375 g/mol. The molecule has 3 rings (SSSR count). The highest BCUT2D eigenvalue weighted by atomic mass is 19.1. The highest BCUT2D eigenvalue weighted by Crippen LogP contribution is 2.40. The average Bonchev–Trinajstić information content (AvgIpc) is 2.66. The Morgan fingerprint density at radius 1 is 1.19 bits per heavy atom. The molecule has 0 fully saturated rings. The Kier molecular flexibility index (Phi) is 5.44. The molecule has 2 aromatic rings. The van der Waals surface area contributed by atoms with Gasteiger partial charge in [0.15, 0.2) is 17.6 Å². The maximum absolute atomic E-state index is 13.2. The molecule has 1 aliphatic rings. The summed E-state index contributed by atoms with van der Waals surface area (Å²) in [4.78, 5) is 24.6. The molecular formula is C19H18FNO6. The van der Waals surface area contributed by atoms with Crippen molar-refractivity contribution in [2.75, 3.05) is 25.6 Å². The Hall–Kier alpha value is -3.29. The Morgan fingerprint density at radius 2 is 1.96 bits per heavy atom. The molecule has 1 N–H and O–H groups in total. The van der Waals surface area contributed by atoms with Crippen LogP contribution in [0.4, 0.5) is 10.1 Å². The SMILES string of the molecule is COc1cc(C(=O)OC(C)C(=O)Nc2cccc(F)c2)cc2c1OCCO2. The fourth-order valence-electron chi connectivity index (χ4n) is 2.48. The molecule has 27 heavy (non-hydrogen) atoms. The van der Waals surface area contributed by atoms with E-state index < -0.39 is 23.8 Å². The molecule has 0 saturated carbocycles. The van der Waals surface area contributed by atoms with E-state index in [1.807, 2.05) is 0 Å². The van der Waals surface area contributed by atoms with E-state index in [1.165, 1.54) is 44.4 Å². The van der Waals surface area contributed by atoms with Gasteiger partial charge in [0.1, 0.15) is 19.0 Å². The molecule has 0 aromatic heterocycles. The van der Waals surface area contributed by atoms with E-state index in [-0.39, 0.29) is 11.3 Å². The van der Waals surface area contributed by atoms with Crippen molar-refractivity contribution in [3.8, 4) is 17.2 Å². The monoisotopic (exact) mass is 375 g/mol. The number of carbonyl (C=O) groups is 2. The Labute approximate surface area is 155 Å². The van der Waals surface area contributed by atoms with Gasteiger partial charge in [0.25, 0.3) is 5.91 Å². The molecule has 0 aliphatic carbocycles. The number of fused-ring (bicyclic) bond motifs is 1. The molecule has 7 nitrogen and oxygen atoms in total. The van der Waals surface area contributed by atoms with Crippen LogP contribution in [0.1, 0.15) is 17.3 Å². The van der Waals surface area contributed by atoms with Crippen LogP contribution in [-0.4, -0.2) is 38.3 Å². The standard InChI is InChI=1S/C19H18FNO6/c1-11(18(22)21-14-5-3-4-13(20)10-14)27-19(23)12-8-15(24-2)17-16(9-12)25-6-7-26-17/h3-5,8-11H,6-7H2,1-2H3,(H,21,22). The summed E-state index contributed by atoms with van der Waals surface area (Å²) in [5, 5.41) is 2.49. The molecule has 0 radical (unpaired) electrons. The Balaban J connectivity index is 1.70. The number of amides is 1. The van der Waals surface area contributed by atoms with Gasteiger partial charge in [0.2, 0.25) is 5.75 Å². The van der Waals surface area contributed by atoms with Crippen LogP contribution in [0.5, 0.6) is 17.2 Å². The highest BCUT2D eigenvalue weighted by Gasteiger charge is 2.24. The minimum atomic E-state index is -1.10. The molecule has 1 unspecified atom stereocenters. The molecule has 2 aromatic carbocycles. The van der Waals surface area contributed by atoms with Crippen molar-refractivity contribution in [3.05, 3.63) is 47.8 Å². The second-order valence-electron chi connectivity index (χ2n) is 5.75. The zero-order chi connectivity index (χ0) is 19.4. The first-order chi connectivity index (χ1) is 13.0. The number of rotatable bonds is 5. The largest absolute Gasteiger partial charge is 0.493 e. The molecule has 142 valence electrons. The van der Waals surface area contributed by atoms with Crippen molar-refractivity contribution in [2.45, 2.75) is 13.0 Å². The number of hydrogen-bond donors (Lipinski definition) is 1. The van der Waals surface area contributed by atoms with Crippen molar-refractivity contribution in [2.24, 2.45) is 0 Å². The van der Waals surface area contributed by atoms with Crippen molar-refractivity contribution >= 4 is 17.6 Å². The first-order valence-corrected chi connectivity index (χ1v) is 8.23. The number of benzene rings is 2. The highest BCUT2D eigenvalue weighted by molar-refractivity contribution is 5.97. The normalized spacial score (nSPS) is 13.4. The molecule has 1 atom stereocenters. The van der Waals surface area contributed by atoms with Gasteiger partial charge in [-0.25, -0.2) is 9.18 Å².